The van der Waals surface area contributed by atoms with E-state index in [1.165, 1.54) is 6.21 Å². The summed E-state index contributed by atoms with van der Waals surface area (Å²) in [4.78, 5) is 34.3. The summed E-state index contributed by atoms with van der Waals surface area (Å²) in [6.07, 6.45) is -4.03. The van der Waals surface area contributed by atoms with Crippen LogP contribution in [0.25, 0.3) is 0 Å². The van der Waals surface area contributed by atoms with Crippen LogP contribution in [0.1, 0.15) is 25.5 Å². The van der Waals surface area contributed by atoms with Gasteiger partial charge in [-0.3, -0.25) is 24.9 Å². The molecule has 1 amide bonds. The second kappa shape index (κ2) is 6.50. The molecule has 1 aromatic heterocycles. The summed E-state index contributed by atoms with van der Waals surface area (Å²) in [7, 11) is 0. The zero-order valence-corrected chi connectivity index (χ0v) is 14.0. The number of rotatable bonds is 4. The fraction of sp³-hybridized carbons (Fsp3) is 0.600. The maximum atomic E-state index is 14.1. The van der Waals surface area contributed by atoms with Crippen molar-refractivity contribution in [2.75, 3.05) is 11.9 Å². The summed E-state index contributed by atoms with van der Waals surface area (Å²) in [6, 6.07) is 0. The van der Waals surface area contributed by atoms with Crippen molar-refractivity contribution >= 4 is 23.8 Å². The molecule has 1 fully saturated rings. The van der Waals surface area contributed by atoms with E-state index in [4.69, 9.17) is 9.84 Å². The fourth-order valence-corrected chi connectivity index (χ4v) is 2.88. The Bertz CT molecular complexity index is 808. The molecule has 4 atom stereocenters. The van der Waals surface area contributed by atoms with Gasteiger partial charge in [-0.25, -0.2) is 9.37 Å². The second-order valence-electron chi connectivity index (χ2n) is 6.56. The van der Waals surface area contributed by atoms with E-state index in [0.717, 1.165) is 0 Å². The summed E-state index contributed by atoms with van der Waals surface area (Å²) in [5.74, 6) is -4.84. The van der Waals surface area contributed by atoms with Crippen molar-refractivity contribution in [1.82, 2.24) is 9.97 Å². The number of fused-ring (bicyclic) bond motifs is 1. The Morgan fingerprint density at radius 2 is 2.19 bits per heavy atom. The molecule has 10 nitrogen and oxygen atoms in total. The molecule has 3 rings (SSSR count). The first kappa shape index (κ1) is 18.6. The highest BCUT2D eigenvalue weighted by molar-refractivity contribution is 5.90. The minimum absolute atomic E-state index is 0.0103. The highest BCUT2D eigenvalue weighted by atomic mass is 19.1. The van der Waals surface area contributed by atoms with Crippen molar-refractivity contribution in [3.8, 4) is 0 Å². The van der Waals surface area contributed by atoms with E-state index >= 15 is 0 Å². The summed E-state index contributed by atoms with van der Waals surface area (Å²) in [5, 5.41) is 31.7. The number of H-pyrrole nitrogens is 1. The molecule has 0 saturated carbocycles. The minimum atomic E-state index is -2.91. The van der Waals surface area contributed by atoms with Crippen LogP contribution in [-0.2, 0) is 9.53 Å². The SMILES string of the molecule is CC(C)C(=O)Nc1nc2c(c(=O)[nH]1)N=CC2[C@@H]1O[C@H](CO)[C@@H](F)C1(O)O. The lowest BCUT2D eigenvalue weighted by Crippen LogP contribution is -2.48. The number of anilines is 1. The van der Waals surface area contributed by atoms with Crippen LogP contribution >= 0.6 is 0 Å². The third-order valence-corrected chi connectivity index (χ3v) is 4.35. The van der Waals surface area contributed by atoms with Crippen LogP contribution in [0.2, 0.25) is 0 Å². The summed E-state index contributed by atoms with van der Waals surface area (Å²) in [6.45, 7) is 2.55. The van der Waals surface area contributed by atoms with Crippen LogP contribution in [0, 0.1) is 5.92 Å². The molecule has 1 unspecified atom stereocenters. The lowest BCUT2D eigenvalue weighted by molar-refractivity contribution is -0.217. The van der Waals surface area contributed by atoms with Gasteiger partial charge in [-0.15, -0.1) is 0 Å². The quantitative estimate of drug-likeness (QED) is 0.423. The van der Waals surface area contributed by atoms with Crippen LogP contribution in [-0.4, -0.2) is 68.2 Å². The molecule has 2 aliphatic heterocycles. The molecule has 142 valence electrons. The van der Waals surface area contributed by atoms with Crippen molar-refractivity contribution in [2.24, 2.45) is 10.9 Å². The van der Waals surface area contributed by atoms with Gasteiger partial charge in [0.2, 0.25) is 17.6 Å². The number of carbonyl (C=O) groups is 1. The van der Waals surface area contributed by atoms with Gasteiger partial charge in [0.05, 0.1) is 18.2 Å². The average Bonchev–Trinajstić information content (AvgIpc) is 3.07. The Morgan fingerprint density at radius 1 is 1.50 bits per heavy atom. The number of carbonyl (C=O) groups excluding carboxylic acids is 1. The number of aliphatic hydroxyl groups excluding tert-OH is 1. The van der Waals surface area contributed by atoms with E-state index in [-0.39, 0.29) is 29.2 Å². The predicted molar refractivity (Wildman–Crippen MR) is 87.0 cm³/mol. The first-order chi connectivity index (χ1) is 12.2. The van der Waals surface area contributed by atoms with Gasteiger partial charge in [-0.2, -0.15) is 0 Å². The standard InChI is InChI=1S/C15H19FN4O6/c1-5(2)12(22)19-14-18-8-6(3-17-9(8)13(23)20-14)11-15(24,25)10(16)7(4-21)26-11/h3,5-7,10-11,21,24-25H,4H2,1-2H3,(H2,18,19,20,22,23)/t6?,7-,10-,11+/m1/s1. The molecule has 1 aromatic rings. The van der Waals surface area contributed by atoms with E-state index < -0.39 is 42.3 Å². The molecule has 1 saturated heterocycles. The number of amides is 1. The van der Waals surface area contributed by atoms with Gasteiger partial charge in [-0.1, -0.05) is 13.8 Å². The van der Waals surface area contributed by atoms with Gasteiger partial charge in [0.25, 0.3) is 5.56 Å². The molecular formula is C15H19FN4O6. The van der Waals surface area contributed by atoms with E-state index in [9.17, 15) is 24.2 Å². The highest BCUT2D eigenvalue weighted by Gasteiger charge is 2.59. The van der Waals surface area contributed by atoms with Crippen LogP contribution in [0.3, 0.4) is 0 Å². The lowest BCUT2D eigenvalue weighted by atomic mass is 9.92. The Hall–Kier alpha value is -2.21. The van der Waals surface area contributed by atoms with E-state index in [0.29, 0.717) is 0 Å². The zero-order valence-electron chi connectivity index (χ0n) is 14.0. The third-order valence-electron chi connectivity index (χ3n) is 4.35. The molecule has 0 bridgehead atoms. The van der Waals surface area contributed by atoms with Crippen LogP contribution < -0.4 is 10.9 Å². The van der Waals surface area contributed by atoms with Crippen molar-refractivity contribution in [3.63, 3.8) is 0 Å². The molecule has 11 heteroatoms. The molecule has 5 N–H and O–H groups in total. The molecule has 2 aliphatic rings. The van der Waals surface area contributed by atoms with Crippen molar-refractivity contribution in [2.45, 2.75) is 43.9 Å². The number of aliphatic hydroxyl groups is 3. The lowest BCUT2D eigenvalue weighted by Gasteiger charge is -2.27. The molecule has 0 aliphatic carbocycles. The van der Waals surface area contributed by atoms with Crippen LogP contribution in [0.15, 0.2) is 9.79 Å². The number of ether oxygens (including phenoxy) is 1. The topological polar surface area (TPSA) is 157 Å². The number of hydrogen-bond donors (Lipinski definition) is 5. The number of aliphatic imine (C=N–C) groups is 1. The normalized spacial score (nSPS) is 29.2. The van der Waals surface area contributed by atoms with Crippen molar-refractivity contribution < 1.29 is 29.2 Å². The molecule has 0 radical (unpaired) electrons. The summed E-state index contributed by atoms with van der Waals surface area (Å²) < 4.78 is 19.3. The van der Waals surface area contributed by atoms with Gasteiger partial charge in [0.15, 0.2) is 11.9 Å². The van der Waals surface area contributed by atoms with E-state index in [1.54, 1.807) is 13.8 Å². The Kier molecular flexibility index (Phi) is 4.65. The number of nitrogens with zero attached hydrogens (tertiary/aromatic N) is 2. The Morgan fingerprint density at radius 3 is 2.77 bits per heavy atom. The van der Waals surface area contributed by atoms with Crippen molar-refractivity contribution in [1.29, 1.82) is 0 Å². The van der Waals surface area contributed by atoms with Gasteiger partial charge in [-0.05, 0) is 0 Å². The molecule has 26 heavy (non-hydrogen) atoms. The Balaban J connectivity index is 1.96. The smallest absolute Gasteiger partial charge is 0.278 e. The maximum absolute atomic E-state index is 14.1. The molecular weight excluding hydrogens is 351 g/mol. The third kappa shape index (κ3) is 2.92. The summed E-state index contributed by atoms with van der Waals surface area (Å²) >= 11 is 0. The molecule has 0 aromatic carbocycles. The highest BCUT2D eigenvalue weighted by Crippen LogP contribution is 2.42. The monoisotopic (exact) mass is 370 g/mol. The van der Waals surface area contributed by atoms with Crippen molar-refractivity contribution in [3.05, 3.63) is 16.0 Å². The van der Waals surface area contributed by atoms with E-state index in [1.807, 2.05) is 0 Å². The number of hydrogen-bond acceptors (Lipinski definition) is 8. The maximum Gasteiger partial charge on any atom is 0.278 e. The first-order valence-corrected chi connectivity index (χ1v) is 8.01. The van der Waals surface area contributed by atoms with E-state index in [2.05, 4.69) is 20.3 Å². The molecule has 0 spiro atoms. The summed E-state index contributed by atoms with van der Waals surface area (Å²) in [5.41, 5.74) is -0.737. The van der Waals surface area contributed by atoms with Gasteiger partial charge >= 0.3 is 0 Å². The second-order valence-corrected chi connectivity index (χ2v) is 6.56. The minimum Gasteiger partial charge on any atom is -0.394 e. The largest absolute Gasteiger partial charge is 0.394 e. The number of aromatic nitrogens is 2. The zero-order chi connectivity index (χ0) is 19.2. The predicted octanol–water partition coefficient (Wildman–Crippen LogP) is -1.06. The molecule has 3 heterocycles. The Labute approximate surface area is 146 Å². The first-order valence-electron chi connectivity index (χ1n) is 8.01. The number of alkyl halides is 1. The van der Waals surface area contributed by atoms with Gasteiger partial charge < -0.3 is 20.1 Å². The number of nitrogens with one attached hydrogen (secondary N) is 2. The van der Waals surface area contributed by atoms with Gasteiger partial charge in [0.1, 0.15) is 12.2 Å². The number of halogens is 1. The van der Waals surface area contributed by atoms with Crippen LogP contribution in [0.5, 0.6) is 0 Å². The average molecular weight is 370 g/mol. The fourth-order valence-electron chi connectivity index (χ4n) is 2.88. The number of aromatic amines is 1. The van der Waals surface area contributed by atoms with Crippen LogP contribution in [0.4, 0.5) is 16.0 Å². The van der Waals surface area contributed by atoms with Gasteiger partial charge in [0, 0.05) is 12.1 Å².